The van der Waals surface area contributed by atoms with Crippen molar-refractivity contribution in [1.82, 2.24) is 26.0 Å². The highest BCUT2D eigenvalue weighted by atomic mass is 32.2. The normalized spacial score (nSPS) is 40.3. The number of thioether (sulfide) groups is 1. The van der Waals surface area contributed by atoms with Gasteiger partial charge in [0, 0.05) is 43.9 Å². The zero-order chi connectivity index (χ0) is 30.5. The van der Waals surface area contributed by atoms with Gasteiger partial charge in [0.15, 0.2) is 0 Å². The lowest BCUT2D eigenvalue weighted by atomic mass is 9.68. The van der Waals surface area contributed by atoms with Gasteiger partial charge in [0.05, 0.1) is 24.7 Å². The van der Waals surface area contributed by atoms with Gasteiger partial charge >= 0.3 is 12.1 Å². The SMILES string of the molecule is CC1(C)COC(=O)[C@@H]2CCCN(N2)C(=O)[C@@H](NC(=O)OC(C)(C)C)CC2NC(CS2)C2CC3OCCN4CC(C1)C(C2)C34. The van der Waals surface area contributed by atoms with Crippen molar-refractivity contribution in [3.05, 3.63) is 0 Å². The van der Waals surface area contributed by atoms with Crippen LogP contribution in [0.4, 0.5) is 4.79 Å². The van der Waals surface area contributed by atoms with Gasteiger partial charge in [-0.3, -0.25) is 19.5 Å². The molecular weight excluding hydrogens is 570 g/mol. The summed E-state index contributed by atoms with van der Waals surface area (Å²) in [4.78, 5) is 42.7. The molecule has 5 aliphatic heterocycles. The van der Waals surface area contributed by atoms with Gasteiger partial charge in [0.25, 0.3) is 5.91 Å². The van der Waals surface area contributed by atoms with Crippen molar-refractivity contribution < 1.29 is 28.6 Å². The molecule has 9 atom stereocenters. The van der Waals surface area contributed by atoms with E-state index in [1.54, 1.807) is 20.8 Å². The number of esters is 1. The lowest BCUT2D eigenvalue weighted by Crippen LogP contribution is -2.61. The molecular formula is C31H51N5O6S. The van der Waals surface area contributed by atoms with Crippen LogP contribution in [0.5, 0.6) is 0 Å². The van der Waals surface area contributed by atoms with E-state index in [1.165, 1.54) is 5.01 Å². The molecule has 2 amide bonds. The Morgan fingerprint density at radius 3 is 2.74 bits per heavy atom. The lowest BCUT2D eigenvalue weighted by Gasteiger charge is -2.47. The molecule has 43 heavy (non-hydrogen) atoms. The van der Waals surface area contributed by atoms with Crippen LogP contribution in [0, 0.1) is 23.2 Å². The van der Waals surface area contributed by atoms with Crippen LogP contribution in [0.3, 0.4) is 0 Å². The molecule has 5 saturated heterocycles. The predicted molar refractivity (Wildman–Crippen MR) is 163 cm³/mol. The minimum Gasteiger partial charge on any atom is -0.464 e. The number of carbonyl (C=O) groups excluding carboxylic acids is 3. The van der Waals surface area contributed by atoms with Gasteiger partial charge in [-0.05, 0) is 76.0 Å². The Labute approximate surface area is 260 Å². The molecule has 6 rings (SSSR count). The third-order valence-corrected chi connectivity index (χ3v) is 11.5. The van der Waals surface area contributed by atoms with Crippen LogP contribution >= 0.6 is 11.8 Å². The van der Waals surface area contributed by atoms with Gasteiger partial charge in [-0.15, -0.1) is 11.8 Å². The topological polar surface area (TPSA) is 121 Å². The van der Waals surface area contributed by atoms with Crippen LogP contribution in [0.15, 0.2) is 0 Å². The number of nitrogens with zero attached hydrogens (tertiary/aromatic N) is 2. The van der Waals surface area contributed by atoms with Crippen molar-refractivity contribution in [3.63, 3.8) is 0 Å². The first-order valence-corrected chi connectivity index (χ1v) is 17.4. The van der Waals surface area contributed by atoms with E-state index in [0.717, 1.165) is 44.7 Å². The Kier molecular flexibility index (Phi) is 8.98. The van der Waals surface area contributed by atoms with E-state index in [-0.39, 0.29) is 28.8 Å². The highest BCUT2D eigenvalue weighted by Gasteiger charge is 2.54. The van der Waals surface area contributed by atoms with Crippen molar-refractivity contribution >= 4 is 29.7 Å². The molecule has 12 heteroatoms. The van der Waals surface area contributed by atoms with Gasteiger partial charge in [-0.25, -0.2) is 10.2 Å². The highest BCUT2D eigenvalue weighted by Crippen LogP contribution is 2.49. The second-order valence-corrected chi connectivity index (χ2v) is 16.6. The first-order valence-electron chi connectivity index (χ1n) is 16.3. The van der Waals surface area contributed by atoms with Crippen molar-refractivity contribution in [1.29, 1.82) is 0 Å². The fraction of sp³-hybridized carbons (Fsp3) is 0.903. The number of hydrogen-bond acceptors (Lipinski definition) is 10. The Balaban J connectivity index is 1.26. The summed E-state index contributed by atoms with van der Waals surface area (Å²) >= 11 is 1.83. The predicted octanol–water partition coefficient (Wildman–Crippen LogP) is 2.50. The largest absolute Gasteiger partial charge is 0.464 e. The number of nitrogens with one attached hydrogen (secondary N) is 3. The standard InChI is InChI=1S/C31H51N5O6S/c1-30(2,3)42-29(39)33-22-13-25-32-23(16-43-25)18-11-20-19(15-35-9-10-40-24(12-18)26(20)35)14-31(4,5)17-41-28(38)21-7-6-8-36(34-21)27(22)37/h18-26,32,34H,6-17H2,1-5H3,(H,33,39)/t18?,19?,20?,21-,22-,23?,24?,25?,26?/m0/s1. The van der Waals surface area contributed by atoms with Crippen molar-refractivity contribution in [2.75, 3.05) is 38.6 Å². The number of rotatable bonds is 1. The Bertz CT molecular complexity index is 1070. The summed E-state index contributed by atoms with van der Waals surface area (Å²) in [7, 11) is 0. The van der Waals surface area contributed by atoms with Crippen LogP contribution in [0.25, 0.3) is 0 Å². The molecule has 6 fully saturated rings. The first kappa shape index (κ1) is 31.4. The average Bonchev–Trinajstić information content (AvgIpc) is 3.55. The van der Waals surface area contributed by atoms with Gasteiger partial charge in [0.2, 0.25) is 0 Å². The lowest BCUT2D eigenvalue weighted by molar-refractivity contribution is -0.155. The summed E-state index contributed by atoms with van der Waals surface area (Å²) in [6.45, 7) is 13.5. The van der Waals surface area contributed by atoms with Gasteiger partial charge in [-0.1, -0.05) is 13.8 Å². The molecule has 0 aromatic heterocycles. The van der Waals surface area contributed by atoms with Crippen molar-refractivity contribution in [3.8, 4) is 0 Å². The Morgan fingerprint density at radius 1 is 1.14 bits per heavy atom. The molecule has 7 unspecified atom stereocenters. The van der Waals surface area contributed by atoms with Crippen LogP contribution in [0.2, 0.25) is 0 Å². The molecule has 1 saturated carbocycles. The average molecular weight is 622 g/mol. The molecule has 6 bridgehead atoms. The van der Waals surface area contributed by atoms with E-state index in [0.29, 0.717) is 62.3 Å². The van der Waals surface area contributed by atoms with Crippen LogP contribution in [0.1, 0.15) is 73.1 Å². The monoisotopic (exact) mass is 621 g/mol. The van der Waals surface area contributed by atoms with E-state index in [9.17, 15) is 14.4 Å². The van der Waals surface area contributed by atoms with E-state index in [2.05, 4.69) is 34.8 Å². The van der Waals surface area contributed by atoms with Gasteiger partial charge in [-0.2, -0.15) is 0 Å². The second kappa shape index (κ2) is 12.3. The Hall–Kier alpha value is -1.60. The molecule has 242 valence electrons. The van der Waals surface area contributed by atoms with Crippen LogP contribution in [-0.4, -0.2) is 108 Å². The highest BCUT2D eigenvalue weighted by molar-refractivity contribution is 8.00. The number of morpholine rings is 1. The third-order valence-electron chi connectivity index (χ3n) is 10.2. The van der Waals surface area contributed by atoms with Crippen LogP contribution < -0.4 is 16.1 Å². The third kappa shape index (κ3) is 7.13. The van der Waals surface area contributed by atoms with E-state index in [4.69, 9.17) is 14.2 Å². The summed E-state index contributed by atoms with van der Waals surface area (Å²) < 4.78 is 17.9. The maximum atomic E-state index is 13.9. The molecule has 11 nitrogen and oxygen atoms in total. The number of cyclic esters (lactones) is 1. The number of amides is 2. The smallest absolute Gasteiger partial charge is 0.408 e. The first-order chi connectivity index (χ1) is 20.3. The zero-order valence-electron chi connectivity index (χ0n) is 26.4. The number of fused-ring (bicyclic) bond motifs is 6. The number of hydrogen-bond donors (Lipinski definition) is 3. The molecule has 1 aliphatic carbocycles. The molecule has 6 aliphatic rings. The zero-order valence-corrected chi connectivity index (χ0v) is 27.3. The summed E-state index contributed by atoms with van der Waals surface area (Å²) in [6.07, 6.45) is 4.54. The molecule has 0 aromatic rings. The summed E-state index contributed by atoms with van der Waals surface area (Å²) in [5.41, 5.74) is 2.28. The van der Waals surface area contributed by atoms with Gasteiger partial charge in [0.1, 0.15) is 17.7 Å². The van der Waals surface area contributed by atoms with Crippen molar-refractivity contribution in [2.45, 2.75) is 114 Å². The van der Waals surface area contributed by atoms with E-state index in [1.807, 2.05) is 11.8 Å². The fourth-order valence-corrected chi connectivity index (χ4v) is 9.80. The second-order valence-electron chi connectivity index (χ2n) is 15.4. The summed E-state index contributed by atoms with van der Waals surface area (Å²) in [6, 6.07) is -0.598. The maximum Gasteiger partial charge on any atom is 0.408 e. The number of ether oxygens (including phenoxy) is 3. The van der Waals surface area contributed by atoms with Crippen molar-refractivity contribution in [2.24, 2.45) is 23.2 Å². The molecule has 3 N–H and O–H groups in total. The summed E-state index contributed by atoms with van der Waals surface area (Å²) in [5.74, 6) is 1.97. The minimum absolute atomic E-state index is 0.0122. The quantitative estimate of drug-likeness (QED) is 0.377. The molecule has 0 aromatic carbocycles. The van der Waals surface area contributed by atoms with Crippen LogP contribution in [-0.2, 0) is 23.8 Å². The molecule has 0 spiro atoms. The summed E-state index contributed by atoms with van der Waals surface area (Å²) in [5, 5.41) is 8.23. The van der Waals surface area contributed by atoms with E-state index < -0.39 is 23.8 Å². The molecule has 5 heterocycles. The Morgan fingerprint density at radius 2 is 1.95 bits per heavy atom. The molecule has 0 radical (unpaired) electrons. The number of carbonyl (C=O) groups is 3. The number of alkyl carbamates (subject to hydrolysis) is 1. The fourth-order valence-electron chi connectivity index (χ4n) is 8.39. The minimum atomic E-state index is -0.802. The number of hydrazine groups is 1. The maximum absolute atomic E-state index is 13.9. The van der Waals surface area contributed by atoms with Gasteiger partial charge < -0.3 is 24.8 Å². The van der Waals surface area contributed by atoms with E-state index >= 15 is 0 Å².